The highest BCUT2D eigenvalue weighted by molar-refractivity contribution is 6.02. The highest BCUT2D eigenvalue weighted by atomic mass is 16.5. The third kappa shape index (κ3) is 6.01. The van der Waals surface area contributed by atoms with Crippen LogP contribution in [-0.2, 0) is 25.7 Å². The Morgan fingerprint density at radius 3 is 2.67 bits per heavy atom. The number of ether oxygens (including phenoxy) is 2. The maximum Gasteiger partial charge on any atom is 0.271 e. The van der Waals surface area contributed by atoms with Crippen molar-refractivity contribution in [2.24, 2.45) is 17.8 Å². The van der Waals surface area contributed by atoms with Gasteiger partial charge >= 0.3 is 0 Å². The first-order chi connectivity index (χ1) is 20.9. The van der Waals surface area contributed by atoms with Crippen molar-refractivity contribution in [3.05, 3.63) is 65.9 Å². The monoisotopic (exact) mass is 586 g/mol. The Labute approximate surface area is 250 Å². The predicted octanol–water partition coefficient (Wildman–Crippen LogP) is 3.21. The van der Waals surface area contributed by atoms with E-state index >= 15 is 0 Å². The van der Waals surface area contributed by atoms with Crippen LogP contribution >= 0.6 is 0 Å². The molecule has 0 spiro atoms. The number of H-pyrrole nitrogens is 1. The first-order valence-electron chi connectivity index (χ1n) is 15.1. The summed E-state index contributed by atoms with van der Waals surface area (Å²) in [6.07, 6.45) is 3.60. The minimum absolute atomic E-state index is 0.0164. The molecule has 1 aliphatic carbocycles. The number of likely N-dealkylation sites (tertiary alicyclic amines) is 1. The van der Waals surface area contributed by atoms with Crippen LogP contribution in [0.15, 0.2) is 54.6 Å². The third-order valence-corrected chi connectivity index (χ3v) is 9.24. The highest BCUT2D eigenvalue weighted by Gasteiger charge is 2.50. The fourth-order valence-electron chi connectivity index (χ4n) is 7.05. The lowest BCUT2D eigenvalue weighted by Crippen LogP contribution is -2.53. The number of methoxy groups -OCH3 is 1. The number of carbonyl (C=O) groups is 4. The Morgan fingerprint density at radius 1 is 1.07 bits per heavy atom. The van der Waals surface area contributed by atoms with Crippen LogP contribution in [0.4, 0.5) is 0 Å². The topological polar surface area (TPSA) is 130 Å². The minimum atomic E-state index is -0.896. The molecule has 226 valence electrons. The van der Waals surface area contributed by atoms with Gasteiger partial charge in [-0.3, -0.25) is 19.2 Å². The standard InChI is InChI=1S/C33H38N4O6/c1-42-29-12-6-11-25-24(29)16-27(35-25)33(41)37-17-22-9-5-10-23(22)30(37)32(40)36-26(15-21-13-14-34-31(21)39)28(38)19-43-18-20-7-3-2-4-8-20/h2-4,6-8,11-12,16,21-23,26,30,35H,5,9-10,13-15,17-19H2,1H3,(H,34,39)(H,36,40)/t21-,22-,23-,26-,30-/m0/s1. The van der Waals surface area contributed by atoms with E-state index in [1.165, 1.54) is 0 Å². The van der Waals surface area contributed by atoms with Crippen LogP contribution in [0, 0.1) is 17.8 Å². The predicted molar refractivity (Wildman–Crippen MR) is 159 cm³/mol. The van der Waals surface area contributed by atoms with E-state index in [1.807, 2.05) is 48.5 Å². The SMILES string of the molecule is COc1cccc2[nH]c(C(=O)N3C[C@@H]4CCC[C@@H]4[C@H]3C(=O)N[C@@H](C[C@@H]3CCNC3=O)C(=O)COCc3ccccc3)cc12. The van der Waals surface area contributed by atoms with Gasteiger partial charge in [-0.05, 0) is 61.3 Å². The van der Waals surface area contributed by atoms with E-state index in [0.29, 0.717) is 31.0 Å². The zero-order chi connectivity index (χ0) is 29.9. The molecule has 5 atom stereocenters. The molecule has 3 aromatic rings. The molecule has 3 N–H and O–H groups in total. The second kappa shape index (κ2) is 12.6. The molecule has 1 aromatic heterocycles. The molecule has 6 rings (SSSR count). The zero-order valence-electron chi connectivity index (χ0n) is 24.3. The van der Waals surface area contributed by atoms with Crippen LogP contribution < -0.4 is 15.4 Å². The first kappa shape index (κ1) is 28.9. The van der Waals surface area contributed by atoms with Crippen molar-refractivity contribution < 1.29 is 28.7 Å². The van der Waals surface area contributed by atoms with Crippen LogP contribution in [0.2, 0.25) is 0 Å². The number of nitrogens with zero attached hydrogens (tertiary/aromatic N) is 1. The second-order valence-electron chi connectivity index (χ2n) is 11.9. The van der Waals surface area contributed by atoms with Gasteiger partial charge in [-0.1, -0.05) is 42.8 Å². The van der Waals surface area contributed by atoms with Gasteiger partial charge in [0.25, 0.3) is 5.91 Å². The molecule has 3 aliphatic rings. The number of carbonyl (C=O) groups excluding carboxylic acids is 4. The Morgan fingerprint density at radius 2 is 1.91 bits per heavy atom. The van der Waals surface area contributed by atoms with Gasteiger partial charge in [-0.2, -0.15) is 0 Å². The molecule has 10 heteroatoms. The van der Waals surface area contributed by atoms with Crippen molar-refractivity contribution in [2.45, 2.75) is 50.8 Å². The Bertz CT molecular complexity index is 1500. The number of hydrogen-bond acceptors (Lipinski definition) is 6. The number of aromatic nitrogens is 1. The maximum absolute atomic E-state index is 14.0. The molecular weight excluding hydrogens is 548 g/mol. The number of benzene rings is 2. The minimum Gasteiger partial charge on any atom is -0.496 e. The van der Waals surface area contributed by atoms with Gasteiger partial charge in [0, 0.05) is 29.9 Å². The fourth-order valence-corrected chi connectivity index (χ4v) is 7.05. The summed E-state index contributed by atoms with van der Waals surface area (Å²) >= 11 is 0. The number of hydrogen-bond donors (Lipinski definition) is 3. The van der Waals surface area contributed by atoms with Gasteiger partial charge in [0.15, 0.2) is 5.78 Å². The van der Waals surface area contributed by atoms with Crippen LogP contribution in [-0.4, -0.2) is 72.3 Å². The number of amides is 3. The van der Waals surface area contributed by atoms with E-state index in [9.17, 15) is 19.2 Å². The lowest BCUT2D eigenvalue weighted by atomic mass is 9.92. The summed E-state index contributed by atoms with van der Waals surface area (Å²) in [5.41, 5.74) is 2.11. The number of ketones is 1. The van der Waals surface area contributed by atoms with Crippen molar-refractivity contribution in [2.75, 3.05) is 26.8 Å². The normalized spacial score (nSPS) is 23.7. The molecular formula is C33H38N4O6. The van der Waals surface area contributed by atoms with E-state index < -0.39 is 12.1 Å². The fraction of sp³-hybridized carbons (Fsp3) is 0.455. The lowest BCUT2D eigenvalue weighted by molar-refractivity contribution is -0.134. The summed E-state index contributed by atoms with van der Waals surface area (Å²) in [7, 11) is 1.59. The molecule has 43 heavy (non-hydrogen) atoms. The summed E-state index contributed by atoms with van der Waals surface area (Å²) in [4.78, 5) is 58.7. The molecule has 0 radical (unpaired) electrons. The molecule has 10 nitrogen and oxygen atoms in total. The van der Waals surface area contributed by atoms with E-state index in [0.717, 1.165) is 35.7 Å². The van der Waals surface area contributed by atoms with Crippen molar-refractivity contribution in [1.82, 2.24) is 20.5 Å². The number of fused-ring (bicyclic) bond motifs is 2. The molecule has 3 heterocycles. The quantitative estimate of drug-likeness (QED) is 0.317. The van der Waals surface area contributed by atoms with Crippen LogP contribution in [0.5, 0.6) is 5.75 Å². The second-order valence-corrected chi connectivity index (χ2v) is 11.9. The van der Waals surface area contributed by atoms with Crippen LogP contribution in [0.1, 0.15) is 48.2 Å². The molecule has 2 aliphatic heterocycles. The van der Waals surface area contributed by atoms with Gasteiger partial charge in [0.05, 0.1) is 19.8 Å². The maximum atomic E-state index is 14.0. The van der Waals surface area contributed by atoms with Gasteiger partial charge in [0.2, 0.25) is 11.8 Å². The first-order valence-corrected chi connectivity index (χ1v) is 15.1. The average Bonchev–Trinajstić information content (AvgIpc) is 3.81. The molecule has 0 unspecified atom stereocenters. The van der Waals surface area contributed by atoms with Gasteiger partial charge in [-0.15, -0.1) is 0 Å². The lowest BCUT2D eigenvalue weighted by Gasteiger charge is -2.29. The summed E-state index contributed by atoms with van der Waals surface area (Å²) in [5, 5.41) is 6.59. The van der Waals surface area contributed by atoms with Crippen LogP contribution in [0.3, 0.4) is 0 Å². The number of aromatic amines is 1. The number of rotatable bonds is 11. The van der Waals surface area contributed by atoms with E-state index in [1.54, 1.807) is 18.1 Å². The average molecular weight is 587 g/mol. The highest BCUT2D eigenvalue weighted by Crippen LogP contribution is 2.43. The summed E-state index contributed by atoms with van der Waals surface area (Å²) in [6.45, 7) is 1.11. The molecule has 1 saturated carbocycles. The van der Waals surface area contributed by atoms with Gasteiger partial charge < -0.3 is 30.0 Å². The Balaban J connectivity index is 1.20. The number of nitrogens with one attached hydrogen (secondary N) is 3. The van der Waals surface area contributed by atoms with Crippen molar-refractivity contribution in [1.29, 1.82) is 0 Å². The van der Waals surface area contributed by atoms with E-state index in [2.05, 4.69) is 15.6 Å². The van der Waals surface area contributed by atoms with E-state index in [4.69, 9.17) is 9.47 Å². The molecule has 3 fully saturated rings. The summed E-state index contributed by atoms with van der Waals surface area (Å²) in [6, 6.07) is 15.3. The van der Waals surface area contributed by atoms with Crippen molar-refractivity contribution in [3.8, 4) is 5.75 Å². The Kier molecular flexibility index (Phi) is 8.47. The largest absolute Gasteiger partial charge is 0.496 e. The summed E-state index contributed by atoms with van der Waals surface area (Å²) < 4.78 is 11.2. The van der Waals surface area contributed by atoms with Crippen LogP contribution in [0.25, 0.3) is 10.9 Å². The van der Waals surface area contributed by atoms with Crippen molar-refractivity contribution in [3.63, 3.8) is 0 Å². The zero-order valence-corrected chi connectivity index (χ0v) is 24.3. The van der Waals surface area contributed by atoms with Gasteiger partial charge in [0.1, 0.15) is 24.1 Å². The smallest absolute Gasteiger partial charge is 0.271 e. The van der Waals surface area contributed by atoms with Crippen molar-refractivity contribution >= 4 is 34.4 Å². The summed E-state index contributed by atoms with van der Waals surface area (Å²) in [5.74, 6) is -0.471. The molecule has 2 aromatic carbocycles. The molecule has 0 bridgehead atoms. The number of Topliss-reactive ketones (excluding diaryl/α,β-unsaturated/α-hetero) is 1. The van der Waals surface area contributed by atoms with Gasteiger partial charge in [-0.25, -0.2) is 0 Å². The third-order valence-electron chi connectivity index (χ3n) is 9.24. The Hall–Kier alpha value is -4.18. The molecule has 2 saturated heterocycles. The van der Waals surface area contributed by atoms with E-state index in [-0.39, 0.29) is 60.9 Å². The molecule has 3 amide bonds.